The number of fused-ring (bicyclic) bond motifs is 2. The number of hydrogen-bond acceptors (Lipinski definition) is 1. The Balaban J connectivity index is 1.37. The van der Waals surface area contributed by atoms with Gasteiger partial charge in [-0.25, -0.2) is 0 Å². The van der Waals surface area contributed by atoms with Crippen molar-refractivity contribution < 1.29 is 0 Å². The third kappa shape index (κ3) is 3.89. The lowest BCUT2D eigenvalue weighted by molar-refractivity contribution is 0.283. The zero-order valence-electron chi connectivity index (χ0n) is 18.0. The van der Waals surface area contributed by atoms with Crippen molar-refractivity contribution in [1.82, 2.24) is 10.3 Å². The molecule has 30 heavy (non-hydrogen) atoms. The summed E-state index contributed by atoms with van der Waals surface area (Å²) in [5.41, 5.74) is 5.12. The molecule has 154 valence electrons. The molecule has 0 spiro atoms. The van der Waals surface area contributed by atoms with Gasteiger partial charge in [0.25, 0.3) is 0 Å². The van der Waals surface area contributed by atoms with Crippen LogP contribution in [0.2, 0.25) is 0 Å². The first-order valence-corrected chi connectivity index (χ1v) is 11.6. The van der Waals surface area contributed by atoms with Crippen LogP contribution in [0.4, 0.5) is 0 Å². The molecule has 1 heterocycles. The molecule has 0 aliphatic heterocycles. The van der Waals surface area contributed by atoms with Crippen LogP contribution in [0.25, 0.3) is 32.9 Å². The van der Waals surface area contributed by atoms with Gasteiger partial charge in [0.1, 0.15) is 0 Å². The van der Waals surface area contributed by atoms with Gasteiger partial charge in [0.05, 0.1) is 0 Å². The maximum atomic E-state index is 3.82. The van der Waals surface area contributed by atoms with E-state index in [0.29, 0.717) is 6.04 Å². The van der Waals surface area contributed by atoms with E-state index in [1.54, 1.807) is 0 Å². The standard InChI is InChI=1S/C28H32N2/c1-20(21-9-3-2-4-10-21)29-18-17-22-15-16-26(25-13-7-6-12-24(22)25)28-19-23-11-5-8-14-27(23)30-28/h5-8,11-16,19-21,29-30H,2-4,9-10,17-18H2,1H3. The highest BCUT2D eigenvalue weighted by Gasteiger charge is 2.19. The number of H-pyrrole nitrogens is 1. The molecule has 1 fully saturated rings. The van der Waals surface area contributed by atoms with Crippen LogP contribution in [0.5, 0.6) is 0 Å². The van der Waals surface area contributed by atoms with Gasteiger partial charge in [-0.3, -0.25) is 0 Å². The Kier molecular flexibility index (Phi) is 5.59. The average Bonchev–Trinajstić information content (AvgIpc) is 3.23. The number of benzene rings is 3. The highest BCUT2D eigenvalue weighted by Crippen LogP contribution is 2.32. The first-order valence-electron chi connectivity index (χ1n) is 11.6. The number of nitrogens with one attached hydrogen (secondary N) is 2. The van der Waals surface area contributed by atoms with Crippen molar-refractivity contribution >= 4 is 21.7 Å². The second kappa shape index (κ2) is 8.65. The van der Waals surface area contributed by atoms with Gasteiger partial charge >= 0.3 is 0 Å². The Morgan fingerprint density at radius 1 is 0.900 bits per heavy atom. The Morgan fingerprint density at radius 3 is 2.50 bits per heavy atom. The summed E-state index contributed by atoms with van der Waals surface area (Å²) in [7, 11) is 0. The molecule has 1 saturated carbocycles. The van der Waals surface area contributed by atoms with E-state index in [1.807, 2.05) is 0 Å². The molecule has 0 amide bonds. The van der Waals surface area contributed by atoms with Crippen LogP contribution < -0.4 is 5.32 Å². The maximum Gasteiger partial charge on any atom is 0.0471 e. The van der Waals surface area contributed by atoms with Gasteiger partial charge in [-0.1, -0.05) is 73.9 Å². The molecule has 1 aliphatic rings. The van der Waals surface area contributed by atoms with Crippen molar-refractivity contribution in [2.75, 3.05) is 6.54 Å². The number of aromatic nitrogens is 1. The molecule has 0 bridgehead atoms. The number of aromatic amines is 1. The second-order valence-electron chi connectivity index (χ2n) is 8.98. The molecule has 0 saturated heterocycles. The van der Waals surface area contributed by atoms with Crippen LogP contribution in [-0.2, 0) is 6.42 Å². The van der Waals surface area contributed by atoms with Gasteiger partial charge < -0.3 is 10.3 Å². The van der Waals surface area contributed by atoms with E-state index >= 15 is 0 Å². The summed E-state index contributed by atoms with van der Waals surface area (Å²) < 4.78 is 0. The third-order valence-electron chi connectivity index (χ3n) is 7.05. The van der Waals surface area contributed by atoms with Crippen molar-refractivity contribution in [3.63, 3.8) is 0 Å². The predicted octanol–water partition coefficient (Wildman–Crippen LogP) is 7.09. The summed E-state index contributed by atoms with van der Waals surface area (Å²) in [5.74, 6) is 0.861. The fraction of sp³-hybridized carbons (Fsp3) is 0.357. The lowest BCUT2D eigenvalue weighted by Gasteiger charge is -2.28. The molecule has 1 atom stereocenters. The maximum absolute atomic E-state index is 3.82. The van der Waals surface area contributed by atoms with Crippen molar-refractivity contribution in [3.05, 3.63) is 72.3 Å². The summed E-state index contributed by atoms with van der Waals surface area (Å²) in [4.78, 5) is 3.61. The lowest BCUT2D eigenvalue weighted by Crippen LogP contribution is -2.35. The van der Waals surface area contributed by atoms with E-state index in [4.69, 9.17) is 0 Å². The van der Waals surface area contributed by atoms with E-state index < -0.39 is 0 Å². The Bertz CT molecular complexity index is 1100. The molecule has 5 rings (SSSR count). The Hall–Kier alpha value is -2.58. The van der Waals surface area contributed by atoms with Gasteiger partial charge in [-0.05, 0) is 67.1 Å². The van der Waals surface area contributed by atoms with Gasteiger partial charge in [0.15, 0.2) is 0 Å². The summed E-state index contributed by atoms with van der Waals surface area (Å²) in [6.07, 6.45) is 8.13. The number of para-hydroxylation sites is 1. The van der Waals surface area contributed by atoms with Gasteiger partial charge in [-0.15, -0.1) is 0 Å². The van der Waals surface area contributed by atoms with E-state index in [9.17, 15) is 0 Å². The van der Waals surface area contributed by atoms with E-state index in [0.717, 1.165) is 18.9 Å². The van der Waals surface area contributed by atoms with Crippen LogP contribution in [0.3, 0.4) is 0 Å². The molecule has 2 N–H and O–H groups in total. The first-order chi connectivity index (χ1) is 14.8. The van der Waals surface area contributed by atoms with Crippen molar-refractivity contribution in [1.29, 1.82) is 0 Å². The molecule has 2 nitrogen and oxygen atoms in total. The van der Waals surface area contributed by atoms with E-state index in [-0.39, 0.29) is 0 Å². The van der Waals surface area contributed by atoms with Gasteiger partial charge in [0.2, 0.25) is 0 Å². The topological polar surface area (TPSA) is 27.8 Å². The van der Waals surface area contributed by atoms with Crippen molar-refractivity contribution in [2.24, 2.45) is 5.92 Å². The van der Waals surface area contributed by atoms with Crippen molar-refractivity contribution in [3.8, 4) is 11.3 Å². The van der Waals surface area contributed by atoms with Gasteiger partial charge in [-0.2, -0.15) is 0 Å². The van der Waals surface area contributed by atoms with Crippen LogP contribution in [-0.4, -0.2) is 17.6 Å². The van der Waals surface area contributed by atoms with Crippen LogP contribution in [0.15, 0.2) is 66.7 Å². The smallest absolute Gasteiger partial charge is 0.0471 e. The normalized spacial score (nSPS) is 16.3. The zero-order valence-corrected chi connectivity index (χ0v) is 18.0. The summed E-state index contributed by atoms with van der Waals surface area (Å²) in [5, 5.41) is 7.80. The fourth-order valence-electron chi connectivity index (χ4n) is 5.27. The fourth-order valence-corrected chi connectivity index (χ4v) is 5.27. The molecule has 4 aromatic rings. The summed E-state index contributed by atoms with van der Waals surface area (Å²) in [6, 6.07) is 24.9. The van der Waals surface area contributed by atoms with Gasteiger partial charge in [0, 0.05) is 28.2 Å². The third-order valence-corrected chi connectivity index (χ3v) is 7.05. The van der Waals surface area contributed by atoms with E-state index in [1.165, 1.54) is 70.6 Å². The van der Waals surface area contributed by atoms with Crippen molar-refractivity contribution in [2.45, 2.75) is 51.5 Å². The SMILES string of the molecule is CC(NCCc1ccc(-c2cc3ccccc3[nH]2)c2ccccc12)C1CCCCC1. The summed E-state index contributed by atoms with van der Waals surface area (Å²) in [6.45, 7) is 3.43. The lowest BCUT2D eigenvalue weighted by atomic mass is 9.84. The number of rotatable bonds is 6. The van der Waals surface area contributed by atoms with Crippen LogP contribution in [0, 0.1) is 5.92 Å². The zero-order chi connectivity index (χ0) is 20.3. The minimum atomic E-state index is 0.627. The minimum absolute atomic E-state index is 0.627. The molecule has 0 radical (unpaired) electrons. The highest BCUT2D eigenvalue weighted by molar-refractivity contribution is 6.00. The molecule has 3 aromatic carbocycles. The van der Waals surface area contributed by atoms with Crippen LogP contribution >= 0.6 is 0 Å². The second-order valence-corrected chi connectivity index (χ2v) is 8.98. The molecule has 1 unspecified atom stereocenters. The molecular weight excluding hydrogens is 364 g/mol. The minimum Gasteiger partial charge on any atom is -0.355 e. The summed E-state index contributed by atoms with van der Waals surface area (Å²) >= 11 is 0. The molecular formula is C28H32N2. The van der Waals surface area contributed by atoms with E-state index in [2.05, 4.69) is 84.0 Å². The monoisotopic (exact) mass is 396 g/mol. The molecule has 2 heteroatoms. The largest absolute Gasteiger partial charge is 0.355 e. The van der Waals surface area contributed by atoms with Crippen LogP contribution in [0.1, 0.15) is 44.6 Å². The molecule has 1 aliphatic carbocycles. The first kappa shape index (κ1) is 19.4. The Morgan fingerprint density at radius 2 is 1.67 bits per heavy atom. The predicted molar refractivity (Wildman–Crippen MR) is 129 cm³/mol. The number of hydrogen-bond donors (Lipinski definition) is 2. The Labute approximate surface area is 179 Å². The molecule has 1 aromatic heterocycles. The highest BCUT2D eigenvalue weighted by atomic mass is 14.9. The quantitative estimate of drug-likeness (QED) is 0.358. The average molecular weight is 397 g/mol.